The van der Waals surface area contributed by atoms with Crippen LogP contribution in [0.3, 0.4) is 0 Å². The number of benzene rings is 1. The Hall–Kier alpha value is -2.80. The Morgan fingerprint density at radius 1 is 1.21 bits per heavy atom. The summed E-state index contributed by atoms with van der Waals surface area (Å²) in [5.74, 6) is -2.56. The zero-order valence-electron chi connectivity index (χ0n) is 16.8. The number of halogens is 2. The highest BCUT2D eigenvalue weighted by Gasteiger charge is 2.27. The van der Waals surface area contributed by atoms with E-state index in [2.05, 4.69) is 18.2 Å². The maximum atomic E-state index is 13.4. The van der Waals surface area contributed by atoms with Crippen LogP contribution in [0.25, 0.3) is 0 Å². The molecule has 1 atom stereocenters. The van der Waals surface area contributed by atoms with Crippen molar-refractivity contribution in [1.29, 1.82) is 0 Å². The summed E-state index contributed by atoms with van der Waals surface area (Å²) in [4.78, 5) is 19.8. The van der Waals surface area contributed by atoms with Gasteiger partial charge in [-0.1, -0.05) is 43.5 Å². The quantitative estimate of drug-likeness (QED) is 0.448. The Labute approximate surface area is 170 Å². The number of hydrogen-bond acceptors (Lipinski definition) is 3. The molecule has 29 heavy (non-hydrogen) atoms. The van der Waals surface area contributed by atoms with Crippen LogP contribution in [0.15, 0.2) is 66.3 Å². The van der Waals surface area contributed by atoms with Crippen LogP contribution in [0.1, 0.15) is 31.1 Å². The molecule has 7 heteroatoms. The molecule has 1 N–H and O–H groups in total. The molecule has 0 aromatic heterocycles. The van der Waals surface area contributed by atoms with Crippen LogP contribution in [0.5, 0.6) is 0 Å². The second-order valence-electron chi connectivity index (χ2n) is 6.89. The first kappa shape index (κ1) is 22.5. The van der Waals surface area contributed by atoms with Crippen LogP contribution < -0.4 is 0 Å². The summed E-state index contributed by atoms with van der Waals surface area (Å²) >= 11 is 0. The van der Waals surface area contributed by atoms with E-state index in [0.717, 1.165) is 6.92 Å². The van der Waals surface area contributed by atoms with Crippen LogP contribution in [0.2, 0.25) is 0 Å². The van der Waals surface area contributed by atoms with Crippen LogP contribution in [-0.4, -0.2) is 52.8 Å². The average molecular weight is 403 g/mol. The SMILES string of the molecule is C=CC(=O)N1CCN(/C(=N/C=C\C)C(=C)C(O)c2ccc(C(C)(F)F)cc2)CC1. The molecule has 1 aromatic carbocycles. The summed E-state index contributed by atoms with van der Waals surface area (Å²) in [7, 11) is 0. The summed E-state index contributed by atoms with van der Waals surface area (Å²) in [5.41, 5.74) is 0.698. The van der Waals surface area contributed by atoms with Gasteiger partial charge in [0.15, 0.2) is 0 Å². The molecule has 156 valence electrons. The van der Waals surface area contributed by atoms with Crippen molar-refractivity contribution < 1.29 is 18.7 Å². The Bertz CT molecular complexity index is 802. The second-order valence-corrected chi connectivity index (χ2v) is 6.89. The molecule has 0 aliphatic carbocycles. The topological polar surface area (TPSA) is 56.1 Å². The minimum Gasteiger partial charge on any atom is -0.384 e. The van der Waals surface area contributed by atoms with E-state index in [9.17, 15) is 18.7 Å². The van der Waals surface area contributed by atoms with Crippen molar-refractivity contribution in [2.75, 3.05) is 26.2 Å². The molecule has 1 amide bonds. The summed E-state index contributed by atoms with van der Waals surface area (Å²) in [6.45, 7) is 12.2. The van der Waals surface area contributed by atoms with Gasteiger partial charge in [0.1, 0.15) is 11.9 Å². The smallest absolute Gasteiger partial charge is 0.270 e. The largest absolute Gasteiger partial charge is 0.384 e. The van der Waals surface area contributed by atoms with Gasteiger partial charge in [-0.25, -0.2) is 13.8 Å². The highest BCUT2D eigenvalue weighted by Crippen LogP contribution is 2.29. The van der Waals surface area contributed by atoms with E-state index < -0.39 is 12.0 Å². The zero-order chi connectivity index (χ0) is 21.6. The van der Waals surface area contributed by atoms with Crippen LogP contribution in [-0.2, 0) is 10.7 Å². The van der Waals surface area contributed by atoms with Gasteiger partial charge in [0.2, 0.25) is 5.91 Å². The van der Waals surface area contributed by atoms with Crippen molar-refractivity contribution in [3.63, 3.8) is 0 Å². The van der Waals surface area contributed by atoms with E-state index in [1.54, 1.807) is 17.2 Å². The second kappa shape index (κ2) is 9.60. The number of aliphatic imine (C=N–C) groups is 1. The van der Waals surface area contributed by atoms with Crippen molar-refractivity contribution in [3.8, 4) is 0 Å². The van der Waals surface area contributed by atoms with E-state index in [1.807, 2.05) is 11.8 Å². The first-order valence-electron chi connectivity index (χ1n) is 9.39. The van der Waals surface area contributed by atoms with Crippen LogP contribution >= 0.6 is 0 Å². The number of aliphatic hydroxyl groups excluding tert-OH is 1. The van der Waals surface area contributed by atoms with Gasteiger partial charge in [0.05, 0.1) is 0 Å². The molecule has 1 saturated heterocycles. The molecule has 0 spiro atoms. The molecule has 2 rings (SSSR count). The molecule has 0 saturated carbocycles. The molecule has 1 heterocycles. The lowest BCUT2D eigenvalue weighted by Crippen LogP contribution is -2.50. The summed E-state index contributed by atoms with van der Waals surface area (Å²) in [6, 6.07) is 5.54. The van der Waals surface area contributed by atoms with E-state index in [0.29, 0.717) is 43.2 Å². The number of amidine groups is 1. The number of hydrogen-bond donors (Lipinski definition) is 1. The number of nitrogens with zero attached hydrogens (tertiary/aromatic N) is 3. The third-order valence-electron chi connectivity index (χ3n) is 4.76. The summed E-state index contributed by atoms with van der Waals surface area (Å²) in [6.07, 6.45) is 3.56. The third kappa shape index (κ3) is 5.60. The number of piperazine rings is 1. The molecule has 1 aliphatic heterocycles. The molecule has 0 bridgehead atoms. The average Bonchev–Trinajstić information content (AvgIpc) is 2.72. The Kier molecular flexibility index (Phi) is 7.45. The molecule has 5 nitrogen and oxygen atoms in total. The lowest BCUT2D eigenvalue weighted by atomic mass is 9.98. The highest BCUT2D eigenvalue weighted by molar-refractivity contribution is 5.99. The molecular weight excluding hydrogens is 376 g/mol. The van der Waals surface area contributed by atoms with Gasteiger partial charge in [-0.05, 0) is 18.6 Å². The van der Waals surface area contributed by atoms with Crippen molar-refractivity contribution in [3.05, 3.63) is 72.5 Å². The Morgan fingerprint density at radius 3 is 2.24 bits per heavy atom. The monoisotopic (exact) mass is 403 g/mol. The van der Waals surface area contributed by atoms with E-state index in [1.165, 1.54) is 30.3 Å². The van der Waals surface area contributed by atoms with E-state index >= 15 is 0 Å². The number of allylic oxidation sites excluding steroid dienone is 1. The lowest BCUT2D eigenvalue weighted by Gasteiger charge is -2.37. The predicted molar refractivity (Wildman–Crippen MR) is 111 cm³/mol. The highest BCUT2D eigenvalue weighted by atomic mass is 19.3. The van der Waals surface area contributed by atoms with Gasteiger partial charge < -0.3 is 14.9 Å². The Morgan fingerprint density at radius 2 is 1.76 bits per heavy atom. The van der Waals surface area contributed by atoms with Crippen molar-refractivity contribution >= 4 is 11.7 Å². The minimum absolute atomic E-state index is 0.120. The first-order valence-corrected chi connectivity index (χ1v) is 9.39. The van der Waals surface area contributed by atoms with E-state index in [-0.39, 0.29) is 11.5 Å². The maximum Gasteiger partial charge on any atom is 0.270 e. The lowest BCUT2D eigenvalue weighted by molar-refractivity contribution is -0.127. The number of alkyl halides is 2. The van der Waals surface area contributed by atoms with Gasteiger partial charge in [0, 0.05) is 50.4 Å². The molecule has 1 aromatic rings. The standard InChI is InChI=1S/C22H27F2N3O2/c1-5-11-25-21(27-14-12-26(13-15-27)19(28)6-2)16(3)20(29)17-7-9-18(10-8-17)22(4,23)24/h5-11,20,29H,2-3,12-15H2,1,4H3/b11-5-,25-21+. The van der Waals surface area contributed by atoms with E-state index in [4.69, 9.17) is 0 Å². The summed E-state index contributed by atoms with van der Waals surface area (Å²) < 4.78 is 26.8. The van der Waals surface area contributed by atoms with Crippen molar-refractivity contribution in [2.24, 2.45) is 4.99 Å². The molecule has 0 radical (unpaired) electrons. The number of rotatable bonds is 6. The van der Waals surface area contributed by atoms with Gasteiger partial charge in [-0.15, -0.1) is 0 Å². The third-order valence-corrected chi connectivity index (χ3v) is 4.76. The van der Waals surface area contributed by atoms with Gasteiger partial charge in [0.25, 0.3) is 5.92 Å². The normalized spacial score (nSPS) is 16.8. The minimum atomic E-state index is -2.94. The maximum absolute atomic E-state index is 13.4. The fraction of sp³-hybridized carbons (Fsp3) is 0.364. The van der Waals surface area contributed by atoms with Crippen LogP contribution in [0.4, 0.5) is 8.78 Å². The number of amides is 1. The molecule has 1 aliphatic rings. The van der Waals surface area contributed by atoms with Gasteiger partial charge >= 0.3 is 0 Å². The van der Waals surface area contributed by atoms with Crippen LogP contribution in [0, 0.1) is 0 Å². The molecule has 1 fully saturated rings. The fourth-order valence-electron chi connectivity index (χ4n) is 3.06. The van der Waals surface area contributed by atoms with Crippen molar-refractivity contribution in [2.45, 2.75) is 25.9 Å². The Balaban J connectivity index is 2.19. The number of carbonyl (C=O) groups excluding carboxylic acids is 1. The van der Waals surface area contributed by atoms with Crippen molar-refractivity contribution in [1.82, 2.24) is 9.80 Å². The fourth-order valence-corrected chi connectivity index (χ4v) is 3.06. The number of carbonyl (C=O) groups is 1. The predicted octanol–water partition coefficient (Wildman–Crippen LogP) is 3.65. The zero-order valence-corrected chi connectivity index (χ0v) is 16.8. The molecular formula is C22H27F2N3O2. The number of aliphatic hydroxyl groups is 1. The summed E-state index contributed by atoms with van der Waals surface area (Å²) in [5, 5.41) is 10.8. The van der Waals surface area contributed by atoms with Gasteiger partial charge in [-0.3, -0.25) is 4.79 Å². The first-order chi connectivity index (χ1) is 13.7. The molecule has 1 unspecified atom stereocenters. The van der Waals surface area contributed by atoms with Gasteiger partial charge in [-0.2, -0.15) is 0 Å².